The molecule has 0 spiro atoms. The van der Waals surface area contributed by atoms with Crippen molar-refractivity contribution in [3.63, 3.8) is 0 Å². The number of amides is 2. The van der Waals surface area contributed by atoms with E-state index in [4.69, 9.17) is 5.73 Å². The molecule has 0 heterocycles. The van der Waals surface area contributed by atoms with Crippen LogP contribution < -0.4 is 11.1 Å². The fraction of sp³-hybridized carbons (Fsp3) is 0.500. The third kappa shape index (κ3) is 8.52. The lowest BCUT2D eigenvalue weighted by Crippen LogP contribution is -2.42. The Kier molecular flexibility index (Phi) is 11.0. The van der Waals surface area contributed by atoms with E-state index in [-0.39, 0.29) is 43.1 Å². The number of nitrogens with zero attached hydrogens (tertiary/aromatic N) is 1. The summed E-state index contributed by atoms with van der Waals surface area (Å²) in [4.78, 5) is 25.1. The van der Waals surface area contributed by atoms with Crippen molar-refractivity contribution in [3.8, 4) is 0 Å². The highest BCUT2D eigenvalue weighted by molar-refractivity contribution is 5.85. The Hall–Kier alpha value is -1.66. The first-order valence-corrected chi connectivity index (χ1v) is 7.55. The molecule has 1 aromatic rings. The Bertz CT molecular complexity index is 483. The fourth-order valence-electron chi connectivity index (χ4n) is 2.01. The van der Waals surface area contributed by atoms with Gasteiger partial charge in [-0.15, -0.1) is 12.4 Å². The monoisotopic (exact) mass is 345 g/mol. The number of halogens is 2. The Morgan fingerprint density at radius 1 is 1.22 bits per heavy atom. The number of carbonyl (C=O) groups excluding carboxylic acids is 2. The smallest absolute Gasteiger partial charge is 0.242 e. The van der Waals surface area contributed by atoms with Gasteiger partial charge in [0.05, 0.1) is 13.1 Å². The molecule has 0 fully saturated rings. The average molecular weight is 346 g/mol. The second-order valence-corrected chi connectivity index (χ2v) is 5.13. The summed E-state index contributed by atoms with van der Waals surface area (Å²) in [5.41, 5.74) is 6.06. The van der Waals surface area contributed by atoms with E-state index in [0.717, 1.165) is 24.8 Å². The van der Waals surface area contributed by atoms with Gasteiger partial charge >= 0.3 is 0 Å². The minimum Gasteiger partial charge on any atom is -0.346 e. The van der Waals surface area contributed by atoms with Crippen molar-refractivity contribution in [2.24, 2.45) is 5.73 Å². The molecule has 3 N–H and O–H groups in total. The molecular weight excluding hydrogens is 321 g/mol. The highest BCUT2D eigenvalue weighted by atomic mass is 35.5. The predicted octanol–water partition coefficient (Wildman–Crippen LogP) is 1.84. The lowest BCUT2D eigenvalue weighted by Gasteiger charge is -2.23. The first kappa shape index (κ1) is 21.3. The fourth-order valence-corrected chi connectivity index (χ4v) is 2.01. The summed E-state index contributed by atoms with van der Waals surface area (Å²) < 4.78 is 12.9. The molecular formula is C16H25ClFN3O2. The molecule has 0 bridgehead atoms. The van der Waals surface area contributed by atoms with E-state index in [1.807, 2.05) is 0 Å². The summed E-state index contributed by atoms with van der Waals surface area (Å²) in [7, 11) is 0. The largest absolute Gasteiger partial charge is 0.346 e. The van der Waals surface area contributed by atoms with E-state index in [0.29, 0.717) is 13.1 Å². The maximum atomic E-state index is 12.9. The number of nitrogens with one attached hydrogen (secondary N) is 1. The molecule has 2 amide bonds. The Labute approximate surface area is 142 Å². The van der Waals surface area contributed by atoms with Crippen molar-refractivity contribution in [3.05, 3.63) is 35.6 Å². The van der Waals surface area contributed by atoms with Crippen LogP contribution in [0.15, 0.2) is 24.3 Å². The first-order chi connectivity index (χ1) is 10.6. The maximum Gasteiger partial charge on any atom is 0.242 e. The Balaban J connectivity index is 0.00000484. The van der Waals surface area contributed by atoms with Crippen LogP contribution in [0, 0.1) is 5.82 Å². The molecule has 0 saturated carbocycles. The summed E-state index contributed by atoms with van der Waals surface area (Å²) in [5, 5.41) is 2.48. The van der Waals surface area contributed by atoms with Crippen LogP contribution in [0.3, 0.4) is 0 Å². The highest BCUT2D eigenvalue weighted by Crippen LogP contribution is 2.08. The number of hydrogen-bond donors (Lipinski definition) is 2. The van der Waals surface area contributed by atoms with Crippen LogP contribution in [-0.2, 0) is 16.1 Å². The van der Waals surface area contributed by atoms with Crippen molar-refractivity contribution >= 4 is 24.2 Å². The van der Waals surface area contributed by atoms with E-state index in [2.05, 4.69) is 12.2 Å². The molecule has 130 valence electrons. The van der Waals surface area contributed by atoms with Gasteiger partial charge < -0.3 is 16.0 Å². The van der Waals surface area contributed by atoms with E-state index in [9.17, 15) is 14.0 Å². The van der Waals surface area contributed by atoms with Crippen molar-refractivity contribution < 1.29 is 14.0 Å². The van der Waals surface area contributed by atoms with Crippen molar-refractivity contribution in [2.75, 3.05) is 19.6 Å². The molecule has 0 aliphatic rings. The molecule has 0 aliphatic carbocycles. The van der Waals surface area contributed by atoms with Gasteiger partial charge in [0.25, 0.3) is 0 Å². The zero-order chi connectivity index (χ0) is 16.4. The Morgan fingerprint density at radius 2 is 1.87 bits per heavy atom. The number of rotatable bonds is 9. The third-order valence-corrected chi connectivity index (χ3v) is 3.29. The highest BCUT2D eigenvalue weighted by Gasteiger charge is 2.14. The molecule has 0 saturated heterocycles. The molecule has 7 heteroatoms. The summed E-state index contributed by atoms with van der Waals surface area (Å²) in [6.45, 7) is 2.90. The second-order valence-electron chi connectivity index (χ2n) is 5.13. The second kappa shape index (κ2) is 11.8. The number of nitrogens with two attached hydrogens (primary N) is 1. The first-order valence-electron chi connectivity index (χ1n) is 7.55. The molecule has 1 aromatic carbocycles. The predicted molar refractivity (Wildman–Crippen MR) is 90.7 cm³/mol. The molecule has 0 atom stereocenters. The Morgan fingerprint density at radius 3 is 2.43 bits per heavy atom. The standard InChI is InChI=1S/C16H24FN3O2.ClH/c1-2-3-4-9-20(16(22)11-19-15(21)10-18)12-13-5-7-14(17)8-6-13;/h5-8H,2-4,9-12,18H2,1H3,(H,19,21);1H. The molecule has 5 nitrogen and oxygen atoms in total. The normalized spacial score (nSPS) is 9.87. The third-order valence-electron chi connectivity index (χ3n) is 3.29. The number of unbranched alkanes of at least 4 members (excludes halogenated alkanes) is 2. The van der Waals surface area contributed by atoms with Crippen LogP contribution in [0.1, 0.15) is 31.7 Å². The zero-order valence-electron chi connectivity index (χ0n) is 13.4. The van der Waals surface area contributed by atoms with Gasteiger partial charge in [0, 0.05) is 13.1 Å². The minimum atomic E-state index is -0.358. The van der Waals surface area contributed by atoms with E-state index < -0.39 is 0 Å². The van der Waals surface area contributed by atoms with Crippen LogP contribution in [0.5, 0.6) is 0 Å². The van der Waals surface area contributed by atoms with Gasteiger partial charge in [-0.25, -0.2) is 4.39 Å². The van der Waals surface area contributed by atoms with Gasteiger partial charge in [0.15, 0.2) is 0 Å². The van der Waals surface area contributed by atoms with E-state index >= 15 is 0 Å². The summed E-state index contributed by atoms with van der Waals surface area (Å²) in [6.07, 6.45) is 2.99. The van der Waals surface area contributed by atoms with Gasteiger partial charge in [-0.05, 0) is 24.1 Å². The van der Waals surface area contributed by atoms with E-state index in [1.165, 1.54) is 12.1 Å². The molecule has 23 heavy (non-hydrogen) atoms. The SMILES string of the molecule is CCCCCN(Cc1ccc(F)cc1)C(=O)CNC(=O)CN.Cl. The maximum absolute atomic E-state index is 12.9. The van der Waals surface area contributed by atoms with Crippen molar-refractivity contribution in [2.45, 2.75) is 32.7 Å². The van der Waals surface area contributed by atoms with Gasteiger partial charge in [-0.3, -0.25) is 9.59 Å². The van der Waals surface area contributed by atoms with Gasteiger partial charge in [0.2, 0.25) is 11.8 Å². The lowest BCUT2D eigenvalue weighted by molar-refractivity contribution is -0.133. The molecule has 1 rings (SSSR count). The molecule has 0 aliphatic heterocycles. The quantitative estimate of drug-likeness (QED) is 0.670. The summed E-state index contributed by atoms with van der Waals surface area (Å²) in [5.74, 6) is -0.825. The number of carbonyl (C=O) groups is 2. The molecule has 0 unspecified atom stereocenters. The van der Waals surface area contributed by atoms with Crippen molar-refractivity contribution in [1.82, 2.24) is 10.2 Å². The van der Waals surface area contributed by atoms with Crippen LogP contribution in [-0.4, -0.2) is 36.3 Å². The van der Waals surface area contributed by atoms with Crippen LogP contribution >= 0.6 is 12.4 Å². The zero-order valence-corrected chi connectivity index (χ0v) is 14.2. The molecule has 0 radical (unpaired) electrons. The minimum absolute atomic E-state index is 0. The lowest BCUT2D eigenvalue weighted by atomic mass is 10.2. The van der Waals surface area contributed by atoms with Crippen molar-refractivity contribution in [1.29, 1.82) is 0 Å². The van der Waals surface area contributed by atoms with E-state index in [1.54, 1.807) is 17.0 Å². The van der Waals surface area contributed by atoms with Crippen LogP contribution in [0.2, 0.25) is 0 Å². The summed E-state index contributed by atoms with van der Waals surface area (Å²) >= 11 is 0. The van der Waals surface area contributed by atoms with Crippen LogP contribution in [0.4, 0.5) is 4.39 Å². The topological polar surface area (TPSA) is 75.4 Å². The van der Waals surface area contributed by atoms with Gasteiger partial charge in [-0.1, -0.05) is 31.9 Å². The van der Waals surface area contributed by atoms with Crippen LogP contribution in [0.25, 0.3) is 0 Å². The average Bonchev–Trinajstić information content (AvgIpc) is 2.53. The molecule has 0 aromatic heterocycles. The number of hydrogen-bond acceptors (Lipinski definition) is 3. The number of benzene rings is 1. The van der Waals surface area contributed by atoms with Gasteiger partial charge in [0.1, 0.15) is 5.82 Å². The van der Waals surface area contributed by atoms with Gasteiger partial charge in [-0.2, -0.15) is 0 Å². The summed E-state index contributed by atoms with van der Waals surface area (Å²) in [6, 6.07) is 6.07.